The first-order valence-electron chi connectivity index (χ1n) is 6.11. The van der Waals surface area contributed by atoms with Gasteiger partial charge in [-0.3, -0.25) is 0 Å². The van der Waals surface area contributed by atoms with Gasteiger partial charge >= 0.3 is 0 Å². The van der Waals surface area contributed by atoms with Crippen molar-refractivity contribution in [2.45, 2.75) is 0 Å². The molecule has 19 heavy (non-hydrogen) atoms. The highest BCUT2D eigenvalue weighted by Crippen LogP contribution is 2.34. The molecule has 0 heterocycles. The molecule has 3 aromatic rings. The molecular formula is C17H13ClO. The Kier molecular flexibility index (Phi) is 3.14. The molecule has 1 nitrogen and oxygen atoms in total. The maximum atomic E-state index is 6.32. The van der Waals surface area contributed by atoms with Crippen LogP contribution in [-0.2, 0) is 0 Å². The van der Waals surface area contributed by atoms with Crippen LogP contribution in [0.15, 0.2) is 60.7 Å². The van der Waals surface area contributed by atoms with Gasteiger partial charge in [0.2, 0.25) is 0 Å². The van der Waals surface area contributed by atoms with Crippen molar-refractivity contribution in [3.63, 3.8) is 0 Å². The van der Waals surface area contributed by atoms with E-state index in [1.54, 1.807) is 7.11 Å². The quantitative estimate of drug-likeness (QED) is 0.623. The van der Waals surface area contributed by atoms with E-state index in [2.05, 4.69) is 24.3 Å². The van der Waals surface area contributed by atoms with Gasteiger partial charge in [-0.1, -0.05) is 60.1 Å². The fourth-order valence-corrected chi connectivity index (χ4v) is 2.55. The molecule has 0 amide bonds. The van der Waals surface area contributed by atoms with E-state index in [1.807, 2.05) is 36.4 Å². The standard InChI is InChI=1S/C17H13ClO/c1-19-16-10-8-14-11-13(7-9-15(14)17(16)18)12-5-3-2-4-6-12/h2-11H,1H3. The Morgan fingerprint density at radius 3 is 2.37 bits per heavy atom. The summed E-state index contributed by atoms with van der Waals surface area (Å²) in [5.41, 5.74) is 2.39. The fourth-order valence-electron chi connectivity index (χ4n) is 2.24. The summed E-state index contributed by atoms with van der Waals surface area (Å²) in [6.45, 7) is 0. The van der Waals surface area contributed by atoms with Gasteiger partial charge in [-0.05, 0) is 28.6 Å². The third-order valence-electron chi connectivity index (χ3n) is 3.25. The second-order valence-electron chi connectivity index (χ2n) is 4.38. The molecule has 0 aliphatic rings. The Morgan fingerprint density at radius 2 is 1.63 bits per heavy atom. The lowest BCUT2D eigenvalue weighted by Gasteiger charge is -2.08. The van der Waals surface area contributed by atoms with Crippen molar-refractivity contribution in [1.82, 2.24) is 0 Å². The lowest BCUT2D eigenvalue weighted by atomic mass is 10.0. The molecule has 0 bridgehead atoms. The van der Waals surface area contributed by atoms with Crippen LogP contribution in [0.2, 0.25) is 5.02 Å². The van der Waals surface area contributed by atoms with Crippen LogP contribution in [0.25, 0.3) is 21.9 Å². The molecule has 94 valence electrons. The lowest BCUT2D eigenvalue weighted by molar-refractivity contribution is 0.415. The van der Waals surface area contributed by atoms with Crippen LogP contribution < -0.4 is 4.74 Å². The number of halogens is 1. The molecule has 0 saturated heterocycles. The van der Waals surface area contributed by atoms with Crippen LogP contribution in [0.3, 0.4) is 0 Å². The number of fused-ring (bicyclic) bond motifs is 1. The number of benzene rings is 3. The van der Waals surface area contributed by atoms with E-state index in [0.29, 0.717) is 10.8 Å². The highest BCUT2D eigenvalue weighted by Gasteiger charge is 2.06. The summed E-state index contributed by atoms with van der Waals surface area (Å²) in [4.78, 5) is 0. The van der Waals surface area contributed by atoms with Crippen LogP contribution in [0.1, 0.15) is 0 Å². The van der Waals surface area contributed by atoms with E-state index < -0.39 is 0 Å². The minimum atomic E-state index is 0.666. The Morgan fingerprint density at radius 1 is 0.842 bits per heavy atom. The number of hydrogen-bond acceptors (Lipinski definition) is 1. The third kappa shape index (κ3) is 2.18. The molecule has 3 aromatic carbocycles. The van der Waals surface area contributed by atoms with Crippen LogP contribution in [-0.4, -0.2) is 7.11 Å². The van der Waals surface area contributed by atoms with Gasteiger partial charge in [0.05, 0.1) is 12.1 Å². The van der Waals surface area contributed by atoms with Crippen molar-refractivity contribution >= 4 is 22.4 Å². The van der Waals surface area contributed by atoms with Gasteiger partial charge in [0.25, 0.3) is 0 Å². The number of methoxy groups -OCH3 is 1. The van der Waals surface area contributed by atoms with E-state index in [-0.39, 0.29) is 0 Å². The van der Waals surface area contributed by atoms with Crippen molar-refractivity contribution in [2.24, 2.45) is 0 Å². The molecule has 0 saturated carbocycles. The summed E-state index contributed by atoms with van der Waals surface area (Å²) in [7, 11) is 1.63. The van der Waals surface area contributed by atoms with Crippen LogP contribution in [0, 0.1) is 0 Å². The van der Waals surface area contributed by atoms with Crippen molar-refractivity contribution in [1.29, 1.82) is 0 Å². The SMILES string of the molecule is COc1ccc2cc(-c3ccccc3)ccc2c1Cl. The molecule has 0 N–H and O–H groups in total. The predicted octanol–water partition coefficient (Wildman–Crippen LogP) is 5.17. The second-order valence-corrected chi connectivity index (χ2v) is 4.76. The summed E-state index contributed by atoms with van der Waals surface area (Å²) < 4.78 is 5.24. The summed E-state index contributed by atoms with van der Waals surface area (Å²) >= 11 is 6.32. The lowest BCUT2D eigenvalue weighted by Crippen LogP contribution is -1.85. The molecule has 0 aromatic heterocycles. The van der Waals surface area contributed by atoms with E-state index in [9.17, 15) is 0 Å². The Balaban J connectivity index is 2.18. The van der Waals surface area contributed by atoms with Gasteiger partial charge in [-0.2, -0.15) is 0 Å². The average Bonchev–Trinajstić information content (AvgIpc) is 2.48. The minimum absolute atomic E-state index is 0.666. The van der Waals surface area contributed by atoms with Crippen molar-refractivity contribution < 1.29 is 4.74 Å². The summed E-state index contributed by atoms with van der Waals surface area (Å²) in [5.74, 6) is 0.710. The normalized spacial score (nSPS) is 10.6. The minimum Gasteiger partial charge on any atom is -0.495 e. The van der Waals surface area contributed by atoms with Crippen molar-refractivity contribution in [3.8, 4) is 16.9 Å². The van der Waals surface area contributed by atoms with E-state index in [0.717, 1.165) is 10.8 Å². The van der Waals surface area contributed by atoms with Gasteiger partial charge in [0.15, 0.2) is 0 Å². The van der Waals surface area contributed by atoms with Crippen LogP contribution in [0.4, 0.5) is 0 Å². The zero-order chi connectivity index (χ0) is 13.2. The first-order valence-corrected chi connectivity index (χ1v) is 6.49. The van der Waals surface area contributed by atoms with Crippen molar-refractivity contribution in [3.05, 3.63) is 65.7 Å². The smallest absolute Gasteiger partial charge is 0.138 e. The third-order valence-corrected chi connectivity index (χ3v) is 3.64. The second kappa shape index (κ2) is 4.94. The Bertz CT molecular complexity index is 720. The average molecular weight is 269 g/mol. The van der Waals surface area contributed by atoms with E-state index in [4.69, 9.17) is 16.3 Å². The van der Waals surface area contributed by atoms with Crippen LogP contribution in [0.5, 0.6) is 5.75 Å². The molecular weight excluding hydrogens is 256 g/mol. The molecule has 0 radical (unpaired) electrons. The van der Waals surface area contributed by atoms with Gasteiger partial charge in [-0.15, -0.1) is 0 Å². The summed E-state index contributed by atoms with van der Waals surface area (Å²) in [6, 6.07) is 20.5. The number of ether oxygens (including phenoxy) is 1. The molecule has 0 atom stereocenters. The summed E-state index contributed by atoms with van der Waals surface area (Å²) in [6.07, 6.45) is 0. The number of rotatable bonds is 2. The molecule has 0 spiro atoms. The van der Waals surface area contributed by atoms with E-state index >= 15 is 0 Å². The van der Waals surface area contributed by atoms with Crippen LogP contribution >= 0.6 is 11.6 Å². The zero-order valence-corrected chi connectivity index (χ0v) is 11.3. The molecule has 2 heteroatoms. The largest absolute Gasteiger partial charge is 0.495 e. The van der Waals surface area contributed by atoms with Gasteiger partial charge < -0.3 is 4.74 Å². The topological polar surface area (TPSA) is 9.23 Å². The molecule has 0 aliphatic carbocycles. The Labute approximate surface area is 117 Å². The monoisotopic (exact) mass is 268 g/mol. The van der Waals surface area contributed by atoms with Crippen molar-refractivity contribution in [2.75, 3.05) is 7.11 Å². The molecule has 3 rings (SSSR count). The van der Waals surface area contributed by atoms with Gasteiger partial charge in [0, 0.05) is 5.39 Å². The fraction of sp³-hybridized carbons (Fsp3) is 0.0588. The highest BCUT2D eigenvalue weighted by molar-refractivity contribution is 6.37. The molecule has 0 unspecified atom stereocenters. The molecule has 0 fully saturated rings. The maximum absolute atomic E-state index is 6.32. The van der Waals surface area contributed by atoms with E-state index in [1.165, 1.54) is 11.1 Å². The first-order chi connectivity index (χ1) is 9.29. The zero-order valence-electron chi connectivity index (χ0n) is 10.6. The van der Waals surface area contributed by atoms with Gasteiger partial charge in [0.1, 0.15) is 5.75 Å². The summed E-state index contributed by atoms with van der Waals surface area (Å²) in [5, 5.41) is 2.80. The molecule has 0 aliphatic heterocycles. The highest BCUT2D eigenvalue weighted by atomic mass is 35.5. The first kappa shape index (κ1) is 12.1. The maximum Gasteiger partial charge on any atom is 0.138 e. The van der Waals surface area contributed by atoms with Gasteiger partial charge in [-0.25, -0.2) is 0 Å². The Hall–Kier alpha value is -1.99. The number of hydrogen-bond donors (Lipinski definition) is 0. The predicted molar refractivity (Wildman–Crippen MR) is 80.9 cm³/mol.